The van der Waals surface area contributed by atoms with Gasteiger partial charge in [-0.05, 0) is 25.1 Å². The third-order valence-electron chi connectivity index (χ3n) is 3.54. The van der Waals surface area contributed by atoms with Gasteiger partial charge in [-0.3, -0.25) is 4.79 Å². The molecule has 0 bridgehead atoms. The lowest BCUT2D eigenvalue weighted by Gasteiger charge is -2.29. The number of halogens is 4. The van der Waals surface area contributed by atoms with Crippen molar-refractivity contribution in [2.45, 2.75) is 12.6 Å². The van der Waals surface area contributed by atoms with E-state index in [0.717, 1.165) is 0 Å². The van der Waals surface area contributed by atoms with Gasteiger partial charge in [0, 0.05) is 18.3 Å². The van der Waals surface area contributed by atoms with Crippen LogP contribution in [0.5, 0.6) is 5.75 Å². The summed E-state index contributed by atoms with van der Waals surface area (Å²) in [5.74, 6) is -0.801. The number of rotatable bonds is 3. The summed E-state index contributed by atoms with van der Waals surface area (Å²) < 4.78 is 44.7. The van der Waals surface area contributed by atoms with Crippen LogP contribution in [0.25, 0.3) is 0 Å². The molecule has 0 aromatic heterocycles. The smallest absolute Gasteiger partial charge is 0.404 e. The number of anilines is 1. The van der Waals surface area contributed by atoms with Crippen LogP contribution in [0, 0.1) is 5.41 Å². The lowest BCUT2D eigenvalue weighted by Crippen LogP contribution is -2.49. The average Bonchev–Trinajstić information content (AvgIpc) is 2.91. The number of alkyl halides is 3. The van der Waals surface area contributed by atoms with Crippen LogP contribution in [-0.4, -0.2) is 32.3 Å². The van der Waals surface area contributed by atoms with Crippen molar-refractivity contribution < 1.29 is 22.7 Å². The van der Waals surface area contributed by atoms with E-state index in [1.807, 2.05) is 0 Å². The molecule has 1 unspecified atom stereocenters. The highest BCUT2D eigenvalue weighted by atomic mass is 35.5. The summed E-state index contributed by atoms with van der Waals surface area (Å²) in [5.41, 5.74) is -2.20. The monoisotopic (exact) mass is 322 g/mol. The minimum atomic E-state index is -4.61. The molecule has 2 rings (SSSR count). The van der Waals surface area contributed by atoms with Crippen molar-refractivity contribution in [1.82, 2.24) is 5.32 Å². The Balaban J connectivity index is 2.24. The second kappa shape index (κ2) is 5.73. The van der Waals surface area contributed by atoms with E-state index < -0.39 is 24.0 Å². The number of methoxy groups -OCH3 is 1. The molecular formula is C13H14ClF3N2O2. The standard InChI is InChI=1S/C13H14ClF3N2O2/c1-21-10-6-8(2-3-9(10)14)19-11(20)12(13(15,16)17)4-5-18-7-12/h2-3,6,18H,4-5,7H2,1H3,(H,19,20). The fraction of sp³-hybridized carbons (Fsp3) is 0.462. The molecule has 1 aliphatic heterocycles. The summed E-state index contributed by atoms with van der Waals surface area (Å²) in [6, 6.07) is 4.26. The fourth-order valence-electron chi connectivity index (χ4n) is 2.24. The van der Waals surface area contributed by atoms with Crippen molar-refractivity contribution in [2.24, 2.45) is 5.41 Å². The molecule has 2 N–H and O–H groups in total. The van der Waals surface area contributed by atoms with Gasteiger partial charge in [-0.15, -0.1) is 0 Å². The first-order valence-corrected chi connectivity index (χ1v) is 6.60. The molecule has 1 amide bonds. The third-order valence-corrected chi connectivity index (χ3v) is 3.85. The highest BCUT2D eigenvalue weighted by molar-refractivity contribution is 6.32. The Morgan fingerprint density at radius 2 is 2.19 bits per heavy atom. The van der Waals surface area contributed by atoms with Gasteiger partial charge in [0.2, 0.25) is 5.91 Å². The maximum Gasteiger partial charge on any atom is 0.404 e. The fourth-order valence-corrected chi connectivity index (χ4v) is 2.44. The summed E-state index contributed by atoms with van der Waals surface area (Å²) in [6.45, 7) is -0.274. The maximum absolute atomic E-state index is 13.2. The minimum Gasteiger partial charge on any atom is -0.495 e. The van der Waals surface area contributed by atoms with Crippen molar-refractivity contribution in [1.29, 1.82) is 0 Å². The highest BCUT2D eigenvalue weighted by Gasteiger charge is 2.61. The minimum absolute atomic E-state index is 0.150. The van der Waals surface area contributed by atoms with Crippen molar-refractivity contribution in [3.05, 3.63) is 23.2 Å². The van der Waals surface area contributed by atoms with Gasteiger partial charge in [-0.25, -0.2) is 0 Å². The molecule has 116 valence electrons. The van der Waals surface area contributed by atoms with Crippen LogP contribution < -0.4 is 15.4 Å². The van der Waals surface area contributed by atoms with Crippen molar-refractivity contribution in [2.75, 3.05) is 25.5 Å². The van der Waals surface area contributed by atoms with Gasteiger partial charge in [0.1, 0.15) is 5.75 Å². The van der Waals surface area contributed by atoms with Crippen molar-refractivity contribution in [3.63, 3.8) is 0 Å². The van der Waals surface area contributed by atoms with E-state index in [0.29, 0.717) is 5.02 Å². The molecule has 0 saturated carbocycles. The van der Waals surface area contributed by atoms with Crippen LogP contribution in [0.1, 0.15) is 6.42 Å². The molecule has 1 atom stereocenters. The number of benzene rings is 1. The normalized spacial score (nSPS) is 22.1. The van der Waals surface area contributed by atoms with Gasteiger partial charge in [0.25, 0.3) is 0 Å². The second-order valence-electron chi connectivity index (χ2n) is 4.81. The number of nitrogens with one attached hydrogen (secondary N) is 2. The molecular weight excluding hydrogens is 309 g/mol. The number of carbonyl (C=O) groups excluding carboxylic acids is 1. The first kappa shape index (κ1) is 15.9. The first-order valence-electron chi connectivity index (χ1n) is 6.22. The molecule has 0 spiro atoms. The average molecular weight is 323 g/mol. The van der Waals surface area contributed by atoms with Crippen LogP contribution in [0.15, 0.2) is 18.2 Å². The quantitative estimate of drug-likeness (QED) is 0.899. The van der Waals surface area contributed by atoms with Gasteiger partial charge in [-0.1, -0.05) is 11.6 Å². The van der Waals surface area contributed by atoms with E-state index in [-0.39, 0.29) is 24.4 Å². The van der Waals surface area contributed by atoms with Gasteiger partial charge in [-0.2, -0.15) is 13.2 Å². The van der Waals surface area contributed by atoms with E-state index in [1.54, 1.807) is 0 Å². The van der Waals surface area contributed by atoms with E-state index in [4.69, 9.17) is 16.3 Å². The van der Waals surface area contributed by atoms with Crippen molar-refractivity contribution in [3.8, 4) is 5.75 Å². The predicted octanol–water partition coefficient (Wildman–Crippen LogP) is 2.83. The number of hydrogen-bond donors (Lipinski definition) is 2. The Labute approximate surface area is 124 Å². The lowest BCUT2D eigenvalue weighted by molar-refractivity contribution is -0.213. The van der Waals surface area contributed by atoms with Gasteiger partial charge in [0.15, 0.2) is 5.41 Å². The number of ether oxygens (including phenoxy) is 1. The van der Waals surface area contributed by atoms with Crippen LogP contribution in [0.2, 0.25) is 5.02 Å². The van der Waals surface area contributed by atoms with E-state index in [9.17, 15) is 18.0 Å². The van der Waals surface area contributed by atoms with Crippen molar-refractivity contribution >= 4 is 23.2 Å². The molecule has 4 nitrogen and oxygen atoms in total. The van der Waals surface area contributed by atoms with Gasteiger partial charge < -0.3 is 15.4 Å². The topological polar surface area (TPSA) is 50.4 Å². The van der Waals surface area contributed by atoms with Crippen LogP contribution in [0.3, 0.4) is 0 Å². The lowest BCUT2D eigenvalue weighted by atomic mass is 9.85. The maximum atomic E-state index is 13.2. The highest BCUT2D eigenvalue weighted by Crippen LogP contribution is 2.44. The Hall–Kier alpha value is -1.47. The number of amides is 1. The summed E-state index contributed by atoms with van der Waals surface area (Å²) in [4.78, 5) is 12.1. The summed E-state index contributed by atoms with van der Waals surface area (Å²) in [6.07, 6.45) is -4.90. The van der Waals surface area contributed by atoms with Crippen LogP contribution >= 0.6 is 11.6 Å². The summed E-state index contributed by atoms with van der Waals surface area (Å²) in [7, 11) is 1.38. The molecule has 1 saturated heterocycles. The number of hydrogen-bond acceptors (Lipinski definition) is 3. The molecule has 0 aliphatic carbocycles. The third kappa shape index (κ3) is 2.94. The zero-order valence-corrected chi connectivity index (χ0v) is 11.9. The Morgan fingerprint density at radius 3 is 2.71 bits per heavy atom. The zero-order valence-electron chi connectivity index (χ0n) is 11.2. The van der Waals surface area contributed by atoms with E-state index in [1.165, 1.54) is 25.3 Å². The summed E-state index contributed by atoms with van der Waals surface area (Å²) in [5, 5.41) is 5.20. The van der Waals surface area contributed by atoms with E-state index >= 15 is 0 Å². The first-order chi connectivity index (χ1) is 9.80. The molecule has 1 aliphatic rings. The van der Waals surface area contributed by atoms with Crippen LogP contribution in [-0.2, 0) is 4.79 Å². The Kier molecular flexibility index (Phi) is 4.34. The Bertz CT molecular complexity index is 543. The van der Waals surface area contributed by atoms with Gasteiger partial charge >= 0.3 is 6.18 Å². The summed E-state index contributed by atoms with van der Waals surface area (Å²) >= 11 is 5.83. The molecule has 1 fully saturated rings. The largest absolute Gasteiger partial charge is 0.495 e. The van der Waals surface area contributed by atoms with Crippen LogP contribution in [0.4, 0.5) is 18.9 Å². The second-order valence-corrected chi connectivity index (χ2v) is 5.22. The molecule has 1 aromatic carbocycles. The molecule has 1 aromatic rings. The Morgan fingerprint density at radius 1 is 1.48 bits per heavy atom. The zero-order chi connectivity index (χ0) is 15.7. The number of carbonyl (C=O) groups is 1. The van der Waals surface area contributed by atoms with E-state index in [2.05, 4.69) is 10.6 Å². The van der Waals surface area contributed by atoms with Gasteiger partial charge in [0.05, 0.1) is 12.1 Å². The molecule has 21 heavy (non-hydrogen) atoms. The SMILES string of the molecule is COc1cc(NC(=O)C2(C(F)(F)F)CCNC2)ccc1Cl. The predicted molar refractivity (Wildman–Crippen MR) is 72.6 cm³/mol. The molecule has 1 heterocycles. The molecule has 8 heteroatoms. The molecule has 0 radical (unpaired) electrons.